The molecular formula is C31H38N6O2S. The van der Waals surface area contributed by atoms with Crippen LogP contribution < -0.4 is 22.1 Å². The molecule has 1 saturated heterocycles. The molecule has 1 aliphatic heterocycles. The number of hydrogen-bond donors (Lipinski definition) is 4. The third-order valence-electron chi connectivity index (χ3n) is 7.13. The zero-order valence-corrected chi connectivity index (χ0v) is 23.6. The molecule has 1 aromatic heterocycles. The van der Waals surface area contributed by atoms with Gasteiger partial charge >= 0.3 is 0 Å². The number of carbonyl (C=O) groups excluding carboxylic acids is 2. The number of nitrogens with one attached hydrogen (secondary N) is 2. The Balaban J connectivity index is 1.54. The molecule has 40 heavy (non-hydrogen) atoms. The fraction of sp³-hybridized carbons (Fsp3) is 0.323. The number of nitrogens with zero attached hydrogens (tertiary/aromatic N) is 2. The van der Waals surface area contributed by atoms with Crippen LogP contribution in [0.25, 0.3) is 6.08 Å². The molecule has 2 aromatic carbocycles. The zero-order valence-electron chi connectivity index (χ0n) is 22.8. The minimum atomic E-state index is -0.620. The molecule has 9 heteroatoms. The Labute approximate surface area is 240 Å². The number of thiophene rings is 1. The van der Waals surface area contributed by atoms with Crippen LogP contribution in [0.5, 0.6) is 0 Å². The molecule has 2 amide bonds. The van der Waals surface area contributed by atoms with Gasteiger partial charge < -0.3 is 21.7 Å². The highest BCUT2D eigenvalue weighted by Crippen LogP contribution is 2.27. The van der Waals surface area contributed by atoms with Crippen molar-refractivity contribution in [2.45, 2.75) is 43.8 Å². The lowest BCUT2D eigenvalue weighted by molar-refractivity contribution is -0.133. The van der Waals surface area contributed by atoms with E-state index in [2.05, 4.69) is 39.9 Å². The lowest BCUT2D eigenvalue weighted by Gasteiger charge is -2.31. The fourth-order valence-corrected chi connectivity index (χ4v) is 5.68. The number of aliphatic imine (C=N–C) groups is 1. The first-order chi connectivity index (χ1) is 19.4. The maximum Gasteiger partial charge on any atom is 0.244 e. The summed E-state index contributed by atoms with van der Waals surface area (Å²) in [6.45, 7) is 3.41. The molecule has 210 valence electrons. The molecule has 2 heterocycles. The highest BCUT2D eigenvalue weighted by molar-refractivity contribution is 7.10. The molecule has 0 aliphatic carbocycles. The lowest BCUT2D eigenvalue weighted by Crippen LogP contribution is -2.54. The maximum absolute atomic E-state index is 14.1. The van der Waals surface area contributed by atoms with Crippen molar-refractivity contribution in [2.75, 3.05) is 19.6 Å². The van der Waals surface area contributed by atoms with Crippen LogP contribution in [0.4, 0.5) is 0 Å². The lowest BCUT2D eigenvalue weighted by atomic mass is 9.90. The van der Waals surface area contributed by atoms with Crippen LogP contribution in [-0.4, -0.2) is 60.4 Å². The van der Waals surface area contributed by atoms with Crippen molar-refractivity contribution in [3.05, 3.63) is 100 Å². The van der Waals surface area contributed by atoms with E-state index in [-0.39, 0.29) is 29.7 Å². The third kappa shape index (κ3) is 8.03. The fourth-order valence-electron chi connectivity index (χ4n) is 5.06. The molecular weight excluding hydrogens is 520 g/mol. The Kier molecular flexibility index (Phi) is 10.5. The van der Waals surface area contributed by atoms with Gasteiger partial charge in [0, 0.05) is 42.5 Å². The highest BCUT2D eigenvalue weighted by atomic mass is 32.1. The first-order valence-electron chi connectivity index (χ1n) is 13.7. The first-order valence-corrected chi connectivity index (χ1v) is 14.6. The van der Waals surface area contributed by atoms with Crippen LogP contribution in [0.2, 0.25) is 0 Å². The smallest absolute Gasteiger partial charge is 0.244 e. The maximum atomic E-state index is 14.1. The number of rotatable bonds is 11. The topological polar surface area (TPSA) is 126 Å². The summed E-state index contributed by atoms with van der Waals surface area (Å²) in [4.78, 5) is 33.9. The van der Waals surface area contributed by atoms with Gasteiger partial charge in [-0.3, -0.25) is 14.9 Å². The first kappa shape index (κ1) is 29.0. The van der Waals surface area contributed by atoms with Crippen LogP contribution in [0, 0.1) is 0 Å². The second-order valence-electron chi connectivity index (χ2n) is 9.91. The average Bonchev–Trinajstić information content (AvgIpc) is 3.45. The van der Waals surface area contributed by atoms with E-state index >= 15 is 0 Å². The Bertz CT molecular complexity index is 1240. The van der Waals surface area contributed by atoms with Crippen molar-refractivity contribution >= 4 is 35.2 Å². The second-order valence-corrected chi connectivity index (χ2v) is 10.9. The molecule has 4 rings (SSSR count). The number of carbonyl (C=O) groups is 2. The monoisotopic (exact) mass is 558 g/mol. The van der Waals surface area contributed by atoms with E-state index in [1.807, 2.05) is 65.7 Å². The van der Waals surface area contributed by atoms with Crippen LogP contribution in [-0.2, 0) is 9.59 Å². The second kappa shape index (κ2) is 14.4. The number of guanidine groups is 1. The van der Waals surface area contributed by atoms with Gasteiger partial charge in [0.15, 0.2) is 5.96 Å². The van der Waals surface area contributed by atoms with Crippen LogP contribution in [0.15, 0.2) is 89.2 Å². The summed E-state index contributed by atoms with van der Waals surface area (Å²) in [5.41, 5.74) is 13.8. The van der Waals surface area contributed by atoms with Crippen molar-refractivity contribution < 1.29 is 9.59 Å². The molecule has 1 fully saturated rings. The zero-order chi connectivity index (χ0) is 28.3. The van der Waals surface area contributed by atoms with Crippen molar-refractivity contribution in [1.82, 2.24) is 15.5 Å². The predicted molar refractivity (Wildman–Crippen MR) is 163 cm³/mol. The molecule has 1 unspecified atom stereocenters. The quantitative estimate of drug-likeness (QED) is 0.163. The van der Waals surface area contributed by atoms with Gasteiger partial charge in [-0.15, -0.1) is 11.3 Å². The number of nitrogens with two attached hydrogens (primary N) is 2. The van der Waals surface area contributed by atoms with Gasteiger partial charge in [0.05, 0.1) is 6.04 Å². The standard InChI is InChI=1S/C31H38N6O2S/c1-2-27(36-31(32)33)29-30(39)37(21-26(22-10-5-3-6-11-22)23-12-7-4-8-13-23)18-17-24(35-29)20-34-28(38)16-15-25-14-9-19-40-25/h3-16,19,24,26-27,29,35H,2,17-18,20-21H2,1H3,(H,34,38)(H4,32,33,36)/b16-15+/t24-,27?,29-/m0/s1. The van der Waals surface area contributed by atoms with Crippen molar-refractivity contribution in [3.63, 3.8) is 0 Å². The predicted octanol–water partition coefficient (Wildman–Crippen LogP) is 3.32. The van der Waals surface area contributed by atoms with E-state index in [0.29, 0.717) is 32.5 Å². The molecule has 0 radical (unpaired) electrons. The van der Waals surface area contributed by atoms with Gasteiger partial charge in [0.2, 0.25) is 11.8 Å². The van der Waals surface area contributed by atoms with E-state index in [1.165, 1.54) is 6.08 Å². The Hall–Kier alpha value is -3.95. The van der Waals surface area contributed by atoms with E-state index in [9.17, 15) is 9.59 Å². The Morgan fingerprint density at radius 1 is 1.10 bits per heavy atom. The highest BCUT2D eigenvalue weighted by Gasteiger charge is 2.36. The SMILES string of the molecule is CCC(N=C(N)N)[C@@H]1N[C@H](CNC(=O)/C=C/c2cccs2)CCN(CC(c2ccccc2)c2ccccc2)C1=O. The molecule has 3 aromatic rings. The number of benzene rings is 2. The largest absolute Gasteiger partial charge is 0.370 e. The average molecular weight is 559 g/mol. The Morgan fingerprint density at radius 2 is 1.77 bits per heavy atom. The summed E-state index contributed by atoms with van der Waals surface area (Å²) in [6.07, 6.45) is 4.59. The molecule has 3 atom stereocenters. The summed E-state index contributed by atoms with van der Waals surface area (Å²) in [6, 6.07) is 23.2. The molecule has 0 spiro atoms. The van der Waals surface area contributed by atoms with E-state index in [0.717, 1.165) is 16.0 Å². The number of amides is 2. The summed E-state index contributed by atoms with van der Waals surface area (Å²) in [5, 5.41) is 8.44. The summed E-state index contributed by atoms with van der Waals surface area (Å²) >= 11 is 1.57. The molecule has 6 N–H and O–H groups in total. The molecule has 0 saturated carbocycles. The van der Waals surface area contributed by atoms with Crippen molar-refractivity contribution in [1.29, 1.82) is 0 Å². The normalized spacial score (nSPS) is 18.4. The van der Waals surface area contributed by atoms with E-state index in [1.54, 1.807) is 17.4 Å². The van der Waals surface area contributed by atoms with Crippen LogP contribution >= 0.6 is 11.3 Å². The summed E-state index contributed by atoms with van der Waals surface area (Å²) in [7, 11) is 0. The molecule has 1 aliphatic rings. The summed E-state index contributed by atoms with van der Waals surface area (Å²) in [5.74, 6) is -0.259. The van der Waals surface area contributed by atoms with Crippen LogP contribution in [0.1, 0.15) is 41.7 Å². The van der Waals surface area contributed by atoms with Crippen molar-refractivity contribution in [2.24, 2.45) is 16.5 Å². The molecule has 0 bridgehead atoms. The van der Waals surface area contributed by atoms with E-state index < -0.39 is 12.1 Å². The minimum Gasteiger partial charge on any atom is -0.370 e. The van der Waals surface area contributed by atoms with Gasteiger partial charge in [-0.2, -0.15) is 0 Å². The number of hydrogen-bond acceptors (Lipinski definition) is 5. The Morgan fingerprint density at radius 3 is 2.35 bits per heavy atom. The van der Waals surface area contributed by atoms with Gasteiger partial charge in [-0.1, -0.05) is 73.7 Å². The summed E-state index contributed by atoms with van der Waals surface area (Å²) < 4.78 is 0. The van der Waals surface area contributed by atoms with Gasteiger partial charge in [-0.25, -0.2) is 4.99 Å². The van der Waals surface area contributed by atoms with E-state index in [4.69, 9.17) is 11.5 Å². The van der Waals surface area contributed by atoms with Gasteiger partial charge in [0.25, 0.3) is 0 Å². The third-order valence-corrected chi connectivity index (χ3v) is 7.97. The van der Waals surface area contributed by atoms with Gasteiger partial charge in [0.1, 0.15) is 6.04 Å². The van der Waals surface area contributed by atoms with Crippen molar-refractivity contribution in [3.8, 4) is 0 Å². The molecule has 8 nitrogen and oxygen atoms in total. The van der Waals surface area contributed by atoms with Crippen LogP contribution in [0.3, 0.4) is 0 Å². The van der Waals surface area contributed by atoms with Gasteiger partial charge in [-0.05, 0) is 41.5 Å². The minimum absolute atomic E-state index is 0.00815.